The highest BCUT2D eigenvalue weighted by Crippen LogP contribution is 2.03. The molecule has 0 amide bonds. The van der Waals surface area contributed by atoms with Crippen LogP contribution in [0.2, 0.25) is 0 Å². The molecule has 0 aliphatic heterocycles. The van der Waals surface area contributed by atoms with Crippen molar-refractivity contribution in [1.29, 1.82) is 0 Å². The van der Waals surface area contributed by atoms with Crippen LogP contribution in [0, 0.1) is 0 Å². The molecule has 70 valence electrons. The molecule has 0 aliphatic rings. The molecule has 0 radical (unpaired) electrons. The number of rotatable bonds is 4. The van der Waals surface area contributed by atoms with E-state index in [0.29, 0.717) is 0 Å². The van der Waals surface area contributed by atoms with Gasteiger partial charge in [0.1, 0.15) is 0 Å². The Balaban J connectivity index is 3.01. The van der Waals surface area contributed by atoms with E-state index in [1.165, 1.54) is 6.20 Å². The number of hydrogen-bond donors (Lipinski definition) is 0. The van der Waals surface area contributed by atoms with Crippen LogP contribution in [0.5, 0.6) is 0 Å². The maximum atomic E-state index is 4.18. The fraction of sp³-hybridized carbons (Fsp3) is 0. The SMILES string of the molecule is C=C/C=C\C(=N/C=C)c1ccccc1. The summed E-state index contributed by atoms with van der Waals surface area (Å²) in [6.07, 6.45) is 7.02. The van der Waals surface area contributed by atoms with Crippen LogP contribution >= 0.6 is 0 Å². The first-order valence-corrected chi connectivity index (χ1v) is 4.41. The van der Waals surface area contributed by atoms with E-state index in [2.05, 4.69) is 18.2 Å². The molecule has 1 aromatic carbocycles. The number of nitrogens with zero attached hydrogens (tertiary/aromatic N) is 1. The van der Waals surface area contributed by atoms with Crippen molar-refractivity contribution in [3.8, 4) is 0 Å². The topological polar surface area (TPSA) is 12.4 Å². The third-order valence-corrected chi connectivity index (χ3v) is 1.69. The van der Waals surface area contributed by atoms with E-state index in [4.69, 9.17) is 0 Å². The first-order valence-electron chi connectivity index (χ1n) is 4.41. The van der Waals surface area contributed by atoms with E-state index < -0.39 is 0 Å². The van der Waals surface area contributed by atoms with Crippen molar-refractivity contribution in [1.82, 2.24) is 0 Å². The van der Waals surface area contributed by atoms with Crippen LogP contribution in [0.4, 0.5) is 0 Å². The Hall–Kier alpha value is -1.89. The molecule has 0 bridgehead atoms. The lowest BCUT2D eigenvalue weighted by Gasteiger charge is -1.98. The monoisotopic (exact) mass is 183 g/mol. The molecule has 0 saturated heterocycles. The van der Waals surface area contributed by atoms with Crippen molar-refractivity contribution in [2.45, 2.75) is 0 Å². The molecule has 1 heteroatoms. The molecule has 1 rings (SSSR count). The van der Waals surface area contributed by atoms with Crippen LogP contribution < -0.4 is 0 Å². The van der Waals surface area contributed by atoms with Crippen LogP contribution in [-0.4, -0.2) is 5.71 Å². The van der Waals surface area contributed by atoms with Gasteiger partial charge >= 0.3 is 0 Å². The summed E-state index contributed by atoms with van der Waals surface area (Å²) in [6, 6.07) is 9.96. The highest BCUT2D eigenvalue weighted by molar-refractivity contribution is 6.09. The molecule has 0 aromatic heterocycles. The second-order valence-corrected chi connectivity index (χ2v) is 2.66. The van der Waals surface area contributed by atoms with Gasteiger partial charge in [0.25, 0.3) is 0 Å². The maximum Gasteiger partial charge on any atom is 0.0701 e. The van der Waals surface area contributed by atoms with Gasteiger partial charge in [-0.3, -0.25) is 4.99 Å². The third-order valence-electron chi connectivity index (χ3n) is 1.69. The van der Waals surface area contributed by atoms with Crippen molar-refractivity contribution in [3.05, 3.63) is 73.5 Å². The lowest BCUT2D eigenvalue weighted by Crippen LogP contribution is -1.94. The van der Waals surface area contributed by atoms with Crippen molar-refractivity contribution in [3.63, 3.8) is 0 Å². The largest absolute Gasteiger partial charge is 0.257 e. The van der Waals surface area contributed by atoms with Crippen LogP contribution in [0.15, 0.2) is 72.9 Å². The van der Waals surface area contributed by atoms with Gasteiger partial charge in [-0.05, 0) is 6.08 Å². The molecular weight excluding hydrogens is 170 g/mol. The van der Waals surface area contributed by atoms with Gasteiger partial charge in [-0.2, -0.15) is 0 Å². The van der Waals surface area contributed by atoms with Crippen molar-refractivity contribution >= 4 is 5.71 Å². The minimum Gasteiger partial charge on any atom is -0.257 e. The van der Waals surface area contributed by atoms with Gasteiger partial charge < -0.3 is 0 Å². The van der Waals surface area contributed by atoms with E-state index in [1.54, 1.807) is 6.08 Å². The van der Waals surface area contributed by atoms with Gasteiger partial charge in [0.15, 0.2) is 0 Å². The van der Waals surface area contributed by atoms with E-state index in [1.807, 2.05) is 42.5 Å². The predicted molar refractivity (Wildman–Crippen MR) is 62.5 cm³/mol. The third kappa shape index (κ3) is 2.87. The first-order chi connectivity index (χ1) is 6.88. The standard InChI is InChI=1S/C13H13N/c1-3-5-11-13(14-4-2)12-9-7-6-8-10-12/h3-11H,1-2H2/b11-5-,14-13+. The molecule has 0 aliphatic carbocycles. The zero-order valence-corrected chi connectivity index (χ0v) is 8.06. The highest BCUT2D eigenvalue weighted by Gasteiger charge is 1.95. The Bertz CT molecular complexity index is 358. The van der Waals surface area contributed by atoms with E-state index in [-0.39, 0.29) is 0 Å². The summed E-state index contributed by atoms with van der Waals surface area (Å²) in [6.45, 7) is 7.21. The molecule has 1 nitrogen and oxygen atoms in total. The minimum atomic E-state index is 0.889. The van der Waals surface area contributed by atoms with Gasteiger partial charge in [0.2, 0.25) is 0 Å². The number of hydrogen-bond acceptors (Lipinski definition) is 1. The summed E-state index contributed by atoms with van der Waals surface area (Å²) in [5.74, 6) is 0. The lowest BCUT2D eigenvalue weighted by atomic mass is 10.1. The molecule has 0 atom stereocenters. The molecule has 14 heavy (non-hydrogen) atoms. The highest BCUT2D eigenvalue weighted by atomic mass is 14.7. The van der Waals surface area contributed by atoms with Crippen molar-refractivity contribution in [2.75, 3.05) is 0 Å². The fourth-order valence-electron chi connectivity index (χ4n) is 1.08. The predicted octanol–water partition coefficient (Wildman–Crippen LogP) is 3.36. The van der Waals surface area contributed by atoms with Gasteiger partial charge in [0.05, 0.1) is 5.71 Å². The molecule has 0 spiro atoms. The van der Waals surface area contributed by atoms with E-state index >= 15 is 0 Å². The molecule has 1 aromatic rings. The molecule has 0 fully saturated rings. The quantitative estimate of drug-likeness (QED) is 0.501. The Labute approximate surface area is 84.8 Å². The Morgan fingerprint density at radius 1 is 1.14 bits per heavy atom. The molecule has 0 saturated carbocycles. The molecule has 0 unspecified atom stereocenters. The second kappa shape index (κ2) is 5.70. The fourth-order valence-corrected chi connectivity index (χ4v) is 1.08. The minimum absolute atomic E-state index is 0.889. The number of aliphatic imine (C=N–C) groups is 1. The molecule has 0 heterocycles. The smallest absolute Gasteiger partial charge is 0.0701 e. The summed E-state index contributed by atoms with van der Waals surface area (Å²) >= 11 is 0. The van der Waals surface area contributed by atoms with Crippen LogP contribution in [0.25, 0.3) is 0 Å². The zero-order chi connectivity index (χ0) is 10.2. The Morgan fingerprint density at radius 2 is 1.86 bits per heavy atom. The number of allylic oxidation sites excluding steroid dienone is 3. The normalized spacial score (nSPS) is 11.6. The van der Waals surface area contributed by atoms with Gasteiger partial charge in [-0.15, -0.1) is 0 Å². The van der Waals surface area contributed by atoms with Gasteiger partial charge in [-0.1, -0.05) is 55.6 Å². The summed E-state index contributed by atoms with van der Waals surface area (Å²) in [5.41, 5.74) is 1.96. The Morgan fingerprint density at radius 3 is 2.43 bits per heavy atom. The average molecular weight is 183 g/mol. The summed E-state index contributed by atoms with van der Waals surface area (Å²) in [4.78, 5) is 4.18. The Kier molecular flexibility index (Phi) is 4.15. The van der Waals surface area contributed by atoms with Crippen molar-refractivity contribution < 1.29 is 0 Å². The average Bonchev–Trinajstić information content (AvgIpc) is 2.25. The lowest BCUT2D eigenvalue weighted by molar-refractivity contribution is 1.54. The zero-order valence-electron chi connectivity index (χ0n) is 8.06. The van der Waals surface area contributed by atoms with E-state index in [0.717, 1.165) is 11.3 Å². The number of benzene rings is 1. The maximum absolute atomic E-state index is 4.18. The second-order valence-electron chi connectivity index (χ2n) is 2.66. The molecular formula is C13H13N. The molecule has 0 N–H and O–H groups in total. The summed E-state index contributed by atoms with van der Waals surface area (Å²) in [5, 5.41) is 0. The van der Waals surface area contributed by atoms with E-state index in [9.17, 15) is 0 Å². The summed E-state index contributed by atoms with van der Waals surface area (Å²) < 4.78 is 0. The van der Waals surface area contributed by atoms with Gasteiger partial charge in [0, 0.05) is 11.8 Å². The van der Waals surface area contributed by atoms with Crippen LogP contribution in [0.1, 0.15) is 5.56 Å². The first kappa shape index (κ1) is 10.2. The van der Waals surface area contributed by atoms with Crippen LogP contribution in [-0.2, 0) is 0 Å². The van der Waals surface area contributed by atoms with Crippen LogP contribution in [0.3, 0.4) is 0 Å². The van der Waals surface area contributed by atoms with Gasteiger partial charge in [-0.25, -0.2) is 0 Å². The van der Waals surface area contributed by atoms with Crippen molar-refractivity contribution in [2.24, 2.45) is 4.99 Å². The summed E-state index contributed by atoms with van der Waals surface area (Å²) in [7, 11) is 0.